The maximum Gasteiger partial charge on any atom is 0.433 e. The van der Waals surface area contributed by atoms with Gasteiger partial charge >= 0.3 is 6.18 Å². The summed E-state index contributed by atoms with van der Waals surface area (Å²) >= 11 is 0. The van der Waals surface area contributed by atoms with Crippen molar-refractivity contribution in [2.24, 2.45) is 5.73 Å². The molecule has 1 amide bonds. The Labute approximate surface area is 162 Å². The van der Waals surface area contributed by atoms with Gasteiger partial charge in [0.2, 0.25) is 5.89 Å². The first-order valence-electron chi connectivity index (χ1n) is 8.44. The van der Waals surface area contributed by atoms with Crippen molar-refractivity contribution in [1.82, 2.24) is 15.3 Å². The van der Waals surface area contributed by atoms with Crippen LogP contribution in [0.5, 0.6) is 5.75 Å². The zero-order valence-corrected chi connectivity index (χ0v) is 15.2. The molecule has 0 atom stereocenters. The predicted molar refractivity (Wildman–Crippen MR) is 96.1 cm³/mol. The molecule has 4 N–H and O–H groups in total. The number of pyridine rings is 1. The number of aliphatic hydroxyl groups is 1. The van der Waals surface area contributed by atoms with E-state index in [1.54, 1.807) is 0 Å². The number of nitrogens with zero attached hydrogens (tertiary/aromatic N) is 2. The van der Waals surface area contributed by atoms with Gasteiger partial charge in [0.15, 0.2) is 11.5 Å². The van der Waals surface area contributed by atoms with E-state index in [9.17, 15) is 18.0 Å². The number of nitrogens with one attached hydrogen (secondary N) is 1. The third-order valence-corrected chi connectivity index (χ3v) is 4.06. The molecule has 0 unspecified atom stereocenters. The number of benzene rings is 1. The van der Waals surface area contributed by atoms with Crippen LogP contribution in [0, 0.1) is 0 Å². The van der Waals surface area contributed by atoms with E-state index in [0.717, 1.165) is 6.07 Å². The zero-order chi connectivity index (χ0) is 21.2. The van der Waals surface area contributed by atoms with Gasteiger partial charge < -0.3 is 25.3 Å². The molecule has 2 aromatic heterocycles. The fourth-order valence-corrected chi connectivity index (χ4v) is 2.74. The van der Waals surface area contributed by atoms with Crippen molar-refractivity contribution in [3.8, 4) is 17.2 Å². The van der Waals surface area contributed by atoms with E-state index in [0.29, 0.717) is 10.9 Å². The fraction of sp³-hybridized carbons (Fsp3) is 0.278. The topological polar surface area (TPSA) is 124 Å². The molecule has 1 aromatic carbocycles. The summed E-state index contributed by atoms with van der Waals surface area (Å²) in [5, 5.41) is 11.6. The smallest absolute Gasteiger partial charge is 0.433 e. The van der Waals surface area contributed by atoms with Crippen LogP contribution in [0.25, 0.3) is 22.4 Å². The van der Waals surface area contributed by atoms with Gasteiger partial charge in [-0.15, -0.1) is 0 Å². The minimum Gasteiger partial charge on any atom is -0.494 e. The molecule has 0 fully saturated rings. The molecule has 3 aromatic rings. The highest BCUT2D eigenvalue weighted by Crippen LogP contribution is 2.36. The molecule has 0 bridgehead atoms. The van der Waals surface area contributed by atoms with Crippen LogP contribution in [0.1, 0.15) is 21.9 Å². The van der Waals surface area contributed by atoms with Crippen LogP contribution in [0.3, 0.4) is 0 Å². The molecule has 0 aliphatic rings. The SMILES string of the molecule is COc1ccc(-c2nc(C(=O)NCCO)c(CN)o2)c2ccc(C(F)(F)F)nc12. The second-order valence-corrected chi connectivity index (χ2v) is 5.88. The number of amides is 1. The number of alkyl halides is 3. The van der Waals surface area contributed by atoms with E-state index >= 15 is 0 Å². The number of methoxy groups -OCH3 is 1. The summed E-state index contributed by atoms with van der Waals surface area (Å²) in [6, 6.07) is 5.05. The van der Waals surface area contributed by atoms with Crippen molar-refractivity contribution < 1.29 is 32.2 Å². The minimum atomic E-state index is -4.62. The first kappa shape index (κ1) is 20.6. The van der Waals surface area contributed by atoms with E-state index in [1.807, 2.05) is 0 Å². The lowest BCUT2D eigenvalue weighted by atomic mass is 10.1. The second-order valence-electron chi connectivity index (χ2n) is 5.88. The summed E-state index contributed by atoms with van der Waals surface area (Å²) < 4.78 is 49.9. The summed E-state index contributed by atoms with van der Waals surface area (Å²) in [6.45, 7) is -0.370. The van der Waals surface area contributed by atoms with Crippen molar-refractivity contribution in [3.05, 3.63) is 41.4 Å². The van der Waals surface area contributed by atoms with E-state index < -0.39 is 17.8 Å². The molecule has 0 saturated heterocycles. The van der Waals surface area contributed by atoms with Gasteiger partial charge in [-0.25, -0.2) is 9.97 Å². The van der Waals surface area contributed by atoms with Crippen LogP contribution < -0.4 is 15.8 Å². The highest BCUT2D eigenvalue weighted by molar-refractivity contribution is 5.98. The third-order valence-electron chi connectivity index (χ3n) is 4.06. The molecule has 11 heteroatoms. The number of ether oxygens (including phenoxy) is 1. The molecule has 154 valence electrons. The highest BCUT2D eigenvalue weighted by Gasteiger charge is 2.33. The van der Waals surface area contributed by atoms with Crippen molar-refractivity contribution in [1.29, 1.82) is 0 Å². The number of oxazole rings is 1. The van der Waals surface area contributed by atoms with Crippen LogP contribution in [-0.2, 0) is 12.7 Å². The Morgan fingerprint density at radius 2 is 2.03 bits per heavy atom. The number of carbonyl (C=O) groups is 1. The van der Waals surface area contributed by atoms with Crippen molar-refractivity contribution in [2.45, 2.75) is 12.7 Å². The normalized spacial score (nSPS) is 11.7. The monoisotopic (exact) mass is 410 g/mol. The average molecular weight is 410 g/mol. The number of aromatic nitrogens is 2. The van der Waals surface area contributed by atoms with Gasteiger partial charge in [0, 0.05) is 17.5 Å². The van der Waals surface area contributed by atoms with Gasteiger partial charge in [-0.1, -0.05) is 0 Å². The Bertz CT molecular complexity index is 1050. The van der Waals surface area contributed by atoms with Crippen LogP contribution in [-0.4, -0.2) is 41.2 Å². The summed E-state index contributed by atoms with van der Waals surface area (Å²) in [5.41, 5.74) is 4.76. The number of aliphatic hydroxyl groups excluding tert-OH is 1. The van der Waals surface area contributed by atoms with E-state index in [1.165, 1.54) is 25.3 Å². The summed E-state index contributed by atoms with van der Waals surface area (Å²) in [4.78, 5) is 20.0. The van der Waals surface area contributed by atoms with Crippen LogP contribution in [0.15, 0.2) is 28.7 Å². The quantitative estimate of drug-likeness (QED) is 0.569. The molecular weight excluding hydrogens is 393 g/mol. The van der Waals surface area contributed by atoms with Crippen LogP contribution in [0.4, 0.5) is 13.2 Å². The van der Waals surface area contributed by atoms with Gasteiger partial charge in [0.05, 0.1) is 20.3 Å². The Hall–Kier alpha value is -3.18. The minimum absolute atomic E-state index is 0.00573. The number of nitrogens with two attached hydrogens (primary N) is 1. The molecule has 0 aliphatic heterocycles. The molecule has 0 aliphatic carbocycles. The number of hydrogen-bond acceptors (Lipinski definition) is 7. The highest BCUT2D eigenvalue weighted by atomic mass is 19.4. The predicted octanol–water partition coefficient (Wildman–Crippen LogP) is 2.10. The lowest BCUT2D eigenvalue weighted by Gasteiger charge is -2.11. The third kappa shape index (κ3) is 4.00. The Balaban J connectivity index is 2.15. The van der Waals surface area contributed by atoms with Crippen molar-refractivity contribution in [3.63, 3.8) is 0 Å². The molecule has 0 saturated carbocycles. The molecule has 29 heavy (non-hydrogen) atoms. The first-order valence-corrected chi connectivity index (χ1v) is 8.44. The number of halogens is 3. The summed E-state index contributed by atoms with van der Waals surface area (Å²) in [6.07, 6.45) is -4.62. The van der Waals surface area contributed by atoms with Gasteiger partial charge in [0.1, 0.15) is 17.0 Å². The number of rotatable bonds is 6. The maximum absolute atomic E-state index is 13.1. The first-order chi connectivity index (χ1) is 13.8. The van der Waals surface area contributed by atoms with Crippen molar-refractivity contribution in [2.75, 3.05) is 20.3 Å². The number of hydrogen-bond donors (Lipinski definition) is 3. The molecule has 3 rings (SSSR count). The van der Waals surface area contributed by atoms with Crippen molar-refractivity contribution >= 4 is 16.8 Å². The average Bonchev–Trinajstić information content (AvgIpc) is 3.14. The van der Waals surface area contributed by atoms with Gasteiger partial charge in [0.25, 0.3) is 5.91 Å². The Morgan fingerprint density at radius 3 is 2.66 bits per heavy atom. The molecule has 0 radical (unpaired) electrons. The number of fused-ring (bicyclic) bond motifs is 1. The fourth-order valence-electron chi connectivity index (χ4n) is 2.74. The number of carbonyl (C=O) groups excluding carboxylic acids is 1. The summed E-state index contributed by atoms with van der Waals surface area (Å²) in [5.74, 6) is -0.362. The second kappa shape index (κ2) is 8.05. The largest absolute Gasteiger partial charge is 0.494 e. The Morgan fingerprint density at radius 1 is 1.28 bits per heavy atom. The Kier molecular flexibility index (Phi) is 5.71. The molecule has 2 heterocycles. The van der Waals surface area contributed by atoms with Gasteiger partial charge in [-0.3, -0.25) is 4.79 Å². The van der Waals surface area contributed by atoms with Gasteiger partial charge in [-0.05, 0) is 24.3 Å². The van der Waals surface area contributed by atoms with E-state index in [2.05, 4.69) is 15.3 Å². The maximum atomic E-state index is 13.1. The van der Waals surface area contributed by atoms with Gasteiger partial charge in [-0.2, -0.15) is 13.2 Å². The summed E-state index contributed by atoms with van der Waals surface area (Å²) in [7, 11) is 1.32. The standard InChI is InChI=1S/C18H17F3N4O4/c1-28-11-4-2-10(9-3-5-13(18(19,20)21)24-14(9)11)17-25-15(12(8-22)29-17)16(27)23-6-7-26/h2-5,26H,6-8,22H2,1H3,(H,23,27). The molecule has 0 spiro atoms. The van der Waals surface area contributed by atoms with Crippen LogP contribution in [0.2, 0.25) is 0 Å². The lowest BCUT2D eigenvalue weighted by Crippen LogP contribution is -2.27. The van der Waals surface area contributed by atoms with E-state index in [-0.39, 0.29) is 48.3 Å². The zero-order valence-electron chi connectivity index (χ0n) is 15.2. The van der Waals surface area contributed by atoms with E-state index in [4.69, 9.17) is 20.0 Å². The molecular formula is C18H17F3N4O4. The van der Waals surface area contributed by atoms with Crippen LogP contribution >= 0.6 is 0 Å². The lowest BCUT2D eigenvalue weighted by molar-refractivity contribution is -0.140. The molecule has 8 nitrogen and oxygen atoms in total.